The van der Waals surface area contributed by atoms with E-state index < -0.39 is 23.7 Å². The number of hydrogen-bond donors (Lipinski definition) is 1. The Labute approximate surface area is 206 Å². The van der Waals surface area contributed by atoms with Crippen LogP contribution in [0.15, 0.2) is 72.8 Å². The Bertz CT molecular complexity index is 1300. The summed E-state index contributed by atoms with van der Waals surface area (Å²) in [5, 5.41) is 2.84. The van der Waals surface area contributed by atoms with Crippen molar-refractivity contribution in [2.45, 2.75) is 43.6 Å². The van der Waals surface area contributed by atoms with Gasteiger partial charge in [-0.3, -0.25) is 9.59 Å². The predicted molar refractivity (Wildman–Crippen MR) is 127 cm³/mol. The lowest BCUT2D eigenvalue weighted by atomic mass is 9.79. The molecule has 36 heavy (non-hydrogen) atoms. The van der Waals surface area contributed by atoms with Crippen molar-refractivity contribution in [3.63, 3.8) is 0 Å². The number of hydrogen-bond acceptors (Lipinski definition) is 3. The molecule has 2 atom stereocenters. The first-order chi connectivity index (χ1) is 17.3. The van der Waals surface area contributed by atoms with E-state index in [-0.39, 0.29) is 24.4 Å². The fraction of sp³-hybridized carbons (Fsp3) is 0.286. The number of amides is 2. The summed E-state index contributed by atoms with van der Waals surface area (Å²) in [5.41, 5.74) is 1.42. The van der Waals surface area contributed by atoms with Gasteiger partial charge in [0.05, 0.1) is 24.6 Å². The molecular formula is C28H25F3N2O3. The first-order valence-electron chi connectivity index (χ1n) is 11.8. The molecule has 0 radical (unpaired) electrons. The minimum Gasteiger partial charge on any atom is -0.497 e. The van der Waals surface area contributed by atoms with Crippen LogP contribution in [0.5, 0.6) is 5.75 Å². The molecule has 2 aliphatic rings. The summed E-state index contributed by atoms with van der Waals surface area (Å²) >= 11 is 0. The molecule has 0 aromatic heterocycles. The molecule has 1 saturated carbocycles. The minimum atomic E-state index is -4.47. The highest BCUT2D eigenvalue weighted by Crippen LogP contribution is 2.48. The van der Waals surface area contributed by atoms with Crippen LogP contribution >= 0.6 is 0 Å². The van der Waals surface area contributed by atoms with Crippen molar-refractivity contribution in [1.29, 1.82) is 0 Å². The molecule has 3 aromatic carbocycles. The lowest BCUT2D eigenvalue weighted by Crippen LogP contribution is -2.48. The summed E-state index contributed by atoms with van der Waals surface area (Å²) in [5.74, 6) is -0.608. The van der Waals surface area contributed by atoms with Gasteiger partial charge < -0.3 is 15.0 Å². The summed E-state index contributed by atoms with van der Waals surface area (Å²) in [6, 6.07) is 18.7. The van der Waals surface area contributed by atoms with Gasteiger partial charge in [-0.2, -0.15) is 13.2 Å². The Balaban J connectivity index is 1.52. The number of rotatable bonds is 6. The second kappa shape index (κ2) is 9.33. The molecule has 186 valence electrons. The van der Waals surface area contributed by atoms with Gasteiger partial charge in [-0.1, -0.05) is 42.5 Å². The zero-order valence-electron chi connectivity index (χ0n) is 19.6. The molecular weight excluding hydrogens is 469 g/mol. The highest BCUT2D eigenvalue weighted by Gasteiger charge is 2.49. The molecule has 0 saturated heterocycles. The third-order valence-electron chi connectivity index (χ3n) is 6.76. The number of ether oxygens (including phenoxy) is 1. The van der Waals surface area contributed by atoms with Gasteiger partial charge in [-0.15, -0.1) is 0 Å². The third-order valence-corrected chi connectivity index (χ3v) is 6.76. The van der Waals surface area contributed by atoms with Crippen LogP contribution in [-0.2, 0) is 17.5 Å². The number of fused-ring (bicyclic) bond motifs is 1. The van der Waals surface area contributed by atoms with Gasteiger partial charge in [-0.25, -0.2) is 0 Å². The zero-order chi connectivity index (χ0) is 25.4. The van der Waals surface area contributed by atoms with Gasteiger partial charge in [0.15, 0.2) is 0 Å². The summed E-state index contributed by atoms with van der Waals surface area (Å²) < 4.78 is 44.8. The molecule has 0 spiro atoms. The van der Waals surface area contributed by atoms with Crippen LogP contribution in [0.2, 0.25) is 0 Å². The van der Waals surface area contributed by atoms with E-state index in [9.17, 15) is 22.8 Å². The molecule has 8 heteroatoms. The average Bonchev–Trinajstić information content (AvgIpc) is 3.72. The van der Waals surface area contributed by atoms with E-state index in [0.29, 0.717) is 22.4 Å². The van der Waals surface area contributed by atoms with Crippen LogP contribution in [0.1, 0.15) is 57.4 Å². The van der Waals surface area contributed by atoms with E-state index in [1.807, 2.05) is 18.2 Å². The second-order valence-electron chi connectivity index (χ2n) is 9.15. The fourth-order valence-electron chi connectivity index (χ4n) is 4.92. The molecule has 1 aliphatic carbocycles. The number of nitrogens with one attached hydrogen (secondary N) is 1. The second-order valence-corrected chi connectivity index (χ2v) is 9.15. The van der Waals surface area contributed by atoms with Crippen LogP contribution in [0.3, 0.4) is 0 Å². The van der Waals surface area contributed by atoms with E-state index >= 15 is 0 Å². The number of halogens is 3. The fourth-order valence-corrected chi connectivity index (χ4v) is 4.92. The highest BCUT2D eigenvalue weighted by molar-refractivity contribution is 6.01. The monoisotopic (exact) mass is 494 g/mol. The Morgan fingerprint density at radius 3 is 2.50 bits per heavy atom. The maximum Gasteiger partial charge on any atom is 0.416 e. The SMILES string of the molecule is COc1cccc([C@H]2[C@H](C(=O)NCc3cccc(C(F)(F)F)c3)c3ccccc3C(=O)N2C2CC2)c1. The maximum absolute atomic E-state index is 13.7. The topological polar surface area (TPSA) is 58.6 Å². The molecule has 3 aromatic rings. The molecule has 1 fully saturated rings. The Morgan fingerprint density at radius 2 is 1.78 bits per heavy atom. The van der Waals surface area contributed by atoms with Crippen molar-refractivity contribution in [1.82, 2.24) is 10.2 Å². The average molecular weight is 495 g/mol. The lowest BCUT2D eigenvalue weighted by molar-refractivity contribution is -0.137. The van der Waals surface area contributed by atoms with E-state index in [1.54, 1.807) is 48.4 Å². The Morgan fingerprint density at radius 1 is 1.03 bits per heavy atom. The molecule has 1 aliphatic heterocycles. The van der Waals surface area contributed by atoms with Crippen LogP contribution in [0, 0.1) is 0 Å². The Hall–Kier alpha value is -3.81. The van der Waals surface area contributed by atoms with Crippen molar-refractivity contribution in [3.05, 3.63) is 101 Å². The largest absolute Gasteiger partial charge is 0.497 e. The van der Waals surface area contributed by atoms with Crippen molar-refractivity contribution >= 4 is 11.8 Å². The summed E-state index contributed by atoms with van der Waals surface area (Å²) in [7, 11) is 1.55. The first-order valence-corrected chi connectivity index (χ1v) is 11.8. The normalized spacial score (nSPS) is 19.6. The van der Waals surface area contributed by atoms with E-state index in [4.69, 9.17) is 4.74 Å². The van der Waals surface area contributed by atoms with E-state index in [2.05, 4.69) is 5.32 Å². The predicted octanol–water partition coefficient (Wildman–Crippen LogP) is 5.47. The summed E-state index contributed by atoms with van der Waals surface area (Å²) in [6.45, 7) is -0.0658. The number of methoxy groups -OCH3 is 1. The number of alkyl halides is 3. The smallest absolute Gasteiger partial charge is 0.416 e. The maximum atomic E-state index is 13.7. The van der Waals surface area contributed by atoms with Crippen molar-refractivity contribution in [2.24, 2.45) is 0 Å². The van der Waals surface area contributed by atoms with Crippen molar-refractivity contribution in [3.8, 4) is 5.75 Å². The summed E-state index contributed by atoms with van der Waals surface area (Å²) in [4.78, 5) is 29.1. The van der Waals surface area contributed by atoms with Gasteiger partial charge in [0.1, 0.15) is 5.75 Å². The quantitative estimate of drug-likeness (QED) is 0.494. The molecule has 1 heterocycles. The Kier molecular flexibility index (Phi) is 6.20. The molecule has 5 nitrogen and oxygen atoms in total. The molecule has 0 unspecified atom stereocenters. The van der Waals surface area contributed by atoms with Gasteiger partial charge >= 0.3 is 6.18 Å². The molecule has 2 amide bonds. The van der Waals surface area contributed by atoms with Crippen molar-refractivity contribution < 1.29 is 27.5 Å². The third kappa shape index (κ3) is 4.55. The van der Waals surface area contributed by atoms with Crippen LogP contribution in [0.4, 0.5) is 13.2 Å². The zero-order valence-corrected chi connectivity index (χ0v) is 19.6. The van der Waals surface area contributed by atoms with Crippen LogP contribution in [-0.4, -0.2) is 29.9 Å². The van der Waals surface area contributed by atoms with Crippen molar-refractivity contribution in [2.75, 3.05) is 7.11 Å². The number of carbonyl (C=O) groups is 2. The highest BCUT2D eigenvalue weighted by atomic mass is 19.4. The van der Waals surface area contributed by atoms with Gasteiger partial charge in [-0.05, 0) is 59.9 Å². The van der Waals surface area contributed by atoms with Gasteiger partial charge in [0, 0.05) is 18.2 Å². The van der Waals surface area contributed by atoms with Crippen LogP contribution in [0.25, 0.3) is 0 Å². The molecule has 5 rings (SSSR count). The number of nitrogens with zero attached hydrogens (tertiary/aromatic N) is 1. The van der Waals surface area contributed by atoms with Gasteiger partial charge in [0.25, 0.3) is 5.91 Å². The van der Waals surface area contributed by atoms with Gasteiger partial charge in [0.2, 0.25) is 5.91 Å². The van der Waals surface area contributed by atoms with Crippen LogP contribution < -0.4 is 10.1 Å². The summed E-state index contributed by atoms with van der Waals surface area (Å²) in [6.07, 6.45) is -2.76. The lowest BCUT2D eigenvalue weighted by Gasteiger charge is -2.42. The minimum absolute atomic E-state index is 0.0285. The first kappa shape index (κ1) is 23.9. The standard InChI is InChI=1S/C28H25F3N2O3/c1-36-21-9-5-7-18(15-21)25-24(22-10-2-3-11-23(22)27(35)33(25)20-12-13-20)26(34)32-16-17-6-4-8-19(14-17)28(29,30)31/h2-11,14-15,20,24-25H,12-13,16H2,1H3,(H,32,34)/t24-,25+/m1/s1. The van der Waals surface area contributed by atoms with E-state index in [1.165, 1.54) is 6.07 Å². The number of carbonyl (C=O) groups excluding carboxylic acids is 2. The number of benzene rings is 3. The molecule has 0 bridgehead atoms. The van der Waals surface area contributed by atoms with E-state index in [0.717, 1.165) is 30.5 Å². The molecule has 1 N–H and O–H groups in total.